The lowest BCUT2D eigenvalue weighted by atomic mass is 10.1. The fourth-order valence-corrected chi connectivity index (χ4v) is 2.02. The molecule has 22 heavy (non-hydrogen) atoms. The number of hydrogen-bond acceptors (Lipinski definition) is 3. The largest absolute Gasteiger partial charge is 0.306 e. The smallest absolute Gasteiger partial charge is 0.256 e. The van der Waals surface area contributed by atoms with Crippen molar-refractivity contribution in [3.63, 3.8) is 0 Å². The van der Waals surface area contributed by atoms with Gasteiger partial charge in [0, 0.05) is 17.3 Å². The molecule has 1 amide bonds. The van der Waals surface area contributed by atoms with Crippen molar-refractivity contribution in [3.8, 4) is 0 Å². The molecule has 4 nitrogen and oxygen atoms in total. The number of anilines is 1. The van der Waals surface area contributed by atoms with Gasteiger partial charge in [-0.15, -0.1) is 0 Å². The predicted molar refractivity (Wildman–Crippen MR) is 89.8 cm³/mol. The number of aromatic nitrogens is 2. The van der Waals surface area contributed by atoms with Crippen LogP contribution in [0.2, 0.25) is 0 Å². The van der Waals surface area contributed by atoms with Gasteiger partial charge in [0.2, 0.25) is 0 Å². The number of carbonyl (C=O) groups excluding carboxylic acids is 1. The zero-order valence-corrected chi connectivity index (χ0v) is 13.4. The van der Waals surface area contributed by atoms with E-state index in [9.17, 15) is 4.79 Å². The van der Waals surface area contributed by atoms with Crippen LogP contribution in [0, 0.1) is 19.8 Å². The lowest BCUT2D eigenvalue weighted by Gasteiger charge is -2.06. The third-order valence-corrected chi connectivity index (χ3v) is 3.05. The van der Waals surface area contributed by atoms with Crippen molar-refractivity contribution in [2.45, 2.75) is 27.7 Å². The van der Waals surface area contributed by atoms with E-state index in [2.05, 4.69) is 41.3 Å². The van der Waals surface area contributed by atoms with Gasteiger partial charge in [-0.3, -0.25) is 4.79 Å². The summed E-state index contributed by atoms with van der Waals surface area (Å²) in [5.74, 6) is 1.51. The van der Waals surface area contributed by atoms with E-state index in [1.54, 1.807) is 13.0 Å². The number of hydrogen-bond donors (Lipinski definition) is 1. The van der Waals surface area contributed by atoms with Gasteiger partial charge in [0.25, 0.3) is 5.91 Å². The highest BCUT2D eigenvalue weighted by Crippen LogP contribution is 2.11. The minimum absolute atomic E-state index is 0.170. The molecule has 1 heterocycles. The van der Waals surface area contributed by atoms with Crippen LogP contribution in [-0.4, -0.2) is 15.9 Å². The predicted octanol–water partition coefficient (Wildman–Crippen LogP) is 4.01. The van der Waals surface area contributed by atoms with E-state index in [1.165, 1.54) is 0 Å². The summed E-state index contributed by atoms with van der Waals surface area (Å²) in [4.78, 5) is 20.6. The highest BCUT2D eigenvalue weighted by Gasteiger charge is 2.07. The van der Waals surface area contributed by atoms with Crippen LogP contribution in [-0.2, 0) is 0 Å². The van der Waals surface area contributed by atoms with Crippen LogP contribution >= 0.6 is 0 Å². The number of nitrogens with one attached hydrogen (secondary N) is 1. The molecule has 0 saturated carbocycles. The highest BCUT2D eigenvalue weighted by atomic mass is 16.1. The van der Waals surface area contributed by atoms with E-state index in [0.29, 0.717) is 23.1 Å². The van der Waals surface area contributed by atoms with Gasteiger partial charge in [0.1, 0.15) is 11.6 Å². The first-order valence-corrected chi connectivity index (χ1v) is 7.36. The van der Waals surface area contributed by atoms with E-state index < -0.39 is 0 Å². The van der Waals surface area contributed by atoms with Crippen molar-refractivity contribution in [3.05, 3.63) is 59.1 Å². The number of allylic oxidation sites excluding steroid dienone is 1. The van der Waals surface area contributed by atoms with Crippen molar-refractivity contribution in [1.82, 2.24) is 9.97 Å². The van der Waals surface area contributed by atoms with Crippen molar-refractivity contribution in [2.75, 3.05) is 5.32 Å². The van der Waals surface area contributed by atoms with Gasteiger partial charge < -0.3 is 5.32 Å². The summed E-state index contributed by atoms with van der Waals surface area (Å²) in [7, 11) is 0. The molecule has 1 N–H and O–H groups in total. The van der Waals surface area contributed by atoms with Gasteiger partial charge in [0.05, 0.1) is 0 Å². The first kappa shape index (κ1) is 15.9. The molecule has 1 aromatic carbocycles. The van der Waals surface area contributed by atoms with Crippen molar-refractivity contribution in [2.24, 2.45) is 5.92 Å². The zero-order chi connectivity index (χ0) is 16.1. The Kier molecular flexibility index (Phi) is 5.04. The van der Waals surface area contributed by atoms with Gasteiger partial charge in [-0.05, 0) is 37.5 Å². The number of nitrogens with zero attached hydrogens (tertiary/aromatic N) is 2. The van der Waals surface area contributed by atoms with E-state index in [4.69, 9.17) is 0 Å². The number of rotatable bonds is 4. The molecule has 0 spiro atoms. The lowest BCUT2D eigenvalue weighted by molar-refractivity contribution is 0.102. The van der Waals surface area contributed by atoms with Gasteiger partial charge in [0.15, 0.2) is 0 Å². The summed E-state index contributed by atoms with van der Waals surface area (Å²) in [5, 5.41) is 2.80. The Labute approximate surface area is 131 Å². The van der Waals surface area contributed by atoms with Crippen LogP contribution in [0.1, 0.15) is 41.3 Å². The van der Waals surface area contributed by atoms with Crippen LogP contribution in [0.25, 0.3) is 6.08 Å². The molecule has 0 saturated heterocycles. The molecule has 0 bridgehead atoms. The van der Waals surface area contributed by atoms with Crippen LogP contribution < -0.4 is 5.32 Å². The van der Waals surface area contributed by atoms with Crippen molar-refractivity contribution < 1.29 is 4.79 Å². The van der Waals surface area contributed by atoms with Crippen molar-refractivity contribution >= 4 is 17.8 Å². The maximum atomic E-state index is 12.2. The Morgan fingerprint density at radius 3 is 2.41 bits per heavy atom. The zero-order valence-electron chi connectivity index (χ0n) is 13.4. The Balaban J connectivity index is 2.09. The fraction of sp³-hybridized carbons (Fsp3) is 0.278. The maximum absolute atomic E-state index is 12.2. The van der Waals surface area contributed by atoms with Gasteiger partial charge in [-0.25, -0.2) is 9.97 Å². The third kappa shape index (κ3) is 4.52. The van der Waals surface area contributed by atoms with E-state index in [0.717, 1.165) is 11.3 Å². The summed E-state index contributed by atoms with van der Waals surface area (Å²) < 4.78 is 0. The summed E-state index contributed by atoms with van der Waals surface area (Å²) in [6.07, 6.45) is 4.19. The Morgan fingerprint density at radius 1 is 1.14 bits per heavy atom. The molecule has 0 aliphatic heterocycles. The molecule has 1 aromatic heterocycles. The molecule has 114 valence electrons. The summed E-state index contributed by atoms with van der Waals surface area (Å²) in [6, 6.07) is 9.26. The highest BCUT2D eigenvalue weighted by molar-refractivity contribution is 6.03. The standard InChI is InChI=1S/C18H21N3O/c1-12(2)5-6-15-7-9-16(10-8-15)18(22)21-17-11-13(3)19-14(4)20-17/h5-12H,1-4H3,(H,19,20,21,22). The number of carbonyl (C=O) groups is 1. The average molecular weight is 295 g/mol. The number of benzene rings is 1. The van der Waals surface area contributed by atoms with Crippen LogP contribution in [0.15, 0.2) is 36.4 Å². The topological polar surface area (TPSA) is 54.9 Å². The molecule has 0 aliphatic carbocycles. The third-order valence-electron chi connectivity index (χ3n) is 3.05. The fourth-order valence-electron chi connectivity index (χ4n) is 2.02. The molecular formula is C18H21N3O. The Hall–Kier alpha value is -2.49. The molecule has 0 radical (unpaired) electrons. The summed E-state index contributed by atoms with van der Waals surface area (Å²) in [6.45, 7) is 7.94. The Morgan fingerprint density at radius 2 is 1.82 bits per heavy atom. The minimum atomic E-state index is -0.170. The second-order valence-electron chi connectivity index (χ2n) is 5.62. The molecule has 0 unspecified atom stereocenters. The first-order chi connectivity index (χ1) is 10.4. The average Bonchev–Trinajstić information content (AvgIpc) is 2.44. The molecule has 0 aliphatic rings. The van der Waals surface area contributed by atoms with Crippen LogP contribution in [0.5, 0.6) is 0 Å². The van der Waals surface area contributed by atoms with Gasteiger partial charge in [-0.1, -0.05) is 38.1 Å². The van der Waals surface area contributed by atoms with E-state index >= 15 is 0 Å². The molecule has 2 rings (SSSR count). The Bertz CT molecular complexity index is 668. The van der Waals surface area contributed by atoms with Crippen LogP contribution in [0.4, 0.5) is 5.82 Å². The SMILES string of the molecule is Cc1cc(NC(=O)c2ccc(C=CC(C)C)cc2)nc(C)n1. The first-order valence-electron chi connectivity index (χ1n) is 7.36. The number of aryl methyl sites for hydroxylation is 2. The van der Waals surface area contributed by atoms with Gasteiger partial charge in [-0.2, -0.15) is 0 Å². The second kappa shape index (κ2) is 6.98. The van der Waals surface area contributed by atoms with E-state index in [1.807, 2.05) is 31.2 Å². The van der Waals surface area contributed by atoms with E-state index in [-0.39, 0.29) is 5.91 Å². The summed E-state index contributed by atoms with van der Waals surface area (Å²) >= 11 is 0. The second-order valence-corrected chi connectivity index (χ2v) is 5.62. The monoisotopic (exact) mass is 295 g/mol. The number of amides is 1. The summed E-state index contributed by atoms with van der Waals surface area (Å²) in [5.41, 5.74) is 2.52. The molecule has 4 heteroatoms. The maximum Gasteiger partial charge on any atom is 0.256 e. The quantitative estimate of drug-likeness (QED) is 0.927. The molecule has 2 aromatic rings. The molecule has 0 atom stereocenters. The van der Waals surface area contributed by atoms with Crippen molar-refractivity contribution in [1.29, 1.82) is 0 Å². The molecule has 0 fully saturated rings. The van der Waals surface area contributed by atoms with Crippen LogP contribution in [0.3, 0.4) is 0 Å². The normalized spacial score (nSPS) is 11.1. The molecular weight excluding hydrogens is 274 g/mol. The minimum Gasteiger partial charge on any atom is -0.306 e. The lowest BCUT2D eigenvalue weighted by Crippen LogP contribution is -2.13. The van der Waals surface area contributed by atoms with Gasteiger partial charge >= 0.3 is 0 Å².